The Kier molecular flexibility index (Phi) is 7.32. The van der Waals surface area contributed by atoms with Crippen molar-refractivity contribution in [2.75, 3.05) is 5.32 Å². The number of halogens is 1. The zero-order chi connectivity index (χ0) is 27.6. The highest BCUT2D eigenvalue weighted by atomic mass is 35.5. The number of hydrogen-bond donors (Lipinski definition) is 1. The Hall–Kier alpha value is -4.08. The highest BCUT2D eigenvalue weighted by Gasteiger charge is 2.36. The number of pyridine rings is 2. The third-order valence-corrected chi connectivity index (χ3v) is 8.13. The number of rotatable bonds is 8. The lowest BCUT2D eigenvalue weighted by Gasteiger charge is -2.29. The van der Waals surface area contributed by atoms with E-state index in [1.807, 2.05) is 29.6 Å². The topological polar surface area (TPSA) is 101 Å². The lowest BCUT2D eigenvalue weighted by molar-refractivity contribution is -0.122. The van der Waals surface area contributed by atoms with Gasteiger partial charge in [0.1, 0.15) is 11.6 Å². The molecule has 0 bridgehead atoms. The number of nitrogens with zero attached hydrogens (tertiary/aromatic N) is 3. The minimum absolute atomic E-state index is 0.0429. The van der Waals surface area contributed by atoms with Gasteiger partial charge in [0.15, 0.2) is 5.78 Å². The number of benzene rings is 1. The van der Waals surface area contributed by atoms with Crippen molar-refractivity contribution in [3.8, 4) is 5.75 Å². The van der Waals surface area contributed by atoms with E-state index in [4.69, 9.17) is 16.3 Å². The number of thiophene rings is 1. The summed E-state index contributed by atoms with van der Waals surface area (Å²) < 4.78 is 5.78. The van der Waals surface area contributed by atoms with Crippen molar-refractivity contribution in [1.29, 1.82) is 0 Å². The highest BCUT2D eigenvalue weighted by molar-refractivity contribution is 7.12. The number of aromatic nitrogens is 2. The SMILES string of the molecule is O=C(Nc1cc(OC2CC2)ccn1)c1ccc(CN2C(=O)c3sccc3CC(=O)C2Cc2ccccn2)cc1Cl. The van der Waals surface area contributed by atoms with Crippen LogP contribution in [0.2, 0.25) is 5.02 Å². The van der Waals surface area contributed by atoms with Crippen molar-refractivity contribution in [1.82, 2.24) is 14.9 Å². The molecule has 1 N–H and O–H groups in total. The Balaban J connectivity index is 1.22. The first-order valence-corrected chi connectivity index (χ1v) is 14.2. The van der Waals surface area contributed by atoms with Gasteiger partial charge < -0.3 is 15.0 Å². The third kappa shape index (κ3) is 5.76. The van der Waals surface area contributed by atoms with Crippen molar-refractivity contribution >= 4 is 46.4 Å². The summed E-state index contributed by atoms with van der Waals surface area (Å²) in [5, 5.41) is 4.83. The van der Waals surface area contributed by atoms with Gasteiger partial charge in [-0.15, -0.1) is 11.3 Å². The molecule has 1 aromatic carbocycles. The van der Waals surface area contributed by atoms with E-state index in [0.717, 1.165) is 24.1 Å². The Labute approximate surface area is 240 Å². The van der Waals surface area contributed by atoms with Crippen molar-refractivity contribution in [3.63, 3.8) is 0 Å². The molecular weight excluding hydrogens is 548 g/mol. The average molecular weight is 573 g/mol. The number of ether oxygens (including phenoxy) is 1. The van der Waals surface area contributed by atoms with E-state index in [-0.39, 0.29) is 41.3 Å². The van der Waals surface area contributed by atoms with Crippen molar-refractivity contribution in [2.24, 2.45) is 0 Å². The van der Waals surface area contributed by atoms with E-state index >= 15 is 0 Å². The normalized spacial score (nSPS) is 16.8. The van der Waals surface area contributed by atoms with Gasteiger partial charge in [-0.1, -0.05) is 23.7 Å². The van der Waals surface area contributed by atoms with Gasteiger partial charge in [-0.25, -0.2) is 4.98 Å². The summed E-state index contributed by atoms with van der Waals surface area (Å²) in [5.74, 6) is 0.360. The van der Waals surface area contributed by atoms with E-state index in [1.54, 1.807) is 47.6 Å². The summed E-state index contributed by atoms with van der Waals surface area (Å²) in [7, 11) is 0. The number of fused-ring (bicyclic) bond motifs is 1. The van der Waals surface area contributed by atoms with Gasteiger partial charge in [0.2, 0.25) is 0 Å². The second-order valence-corrected chi connectivity index (χ2v) is 11.2. The Morgan fingerprint density at radius 2 is 1.95 bits per heavy atom. The van der Waals surface area contributed by atoms with E-state index in [0.29, 0.717) is 28.4 Å². The number of ketones is 1. The number of carbonyl (C=O) groups excluding carboxylic acids is 3. The van der Waals surface area contributed by atoms with Gasteiger partial charge in [-0.05, 0) is 65.7 Å². The van der Waals surface area contributed by atoms with Crippen LogP contribution in [0.1, 0.15) is 49.7 Å². The lowest BCUT2D eigenvalue weighted by atomic mass is 10.0. The number of hydrogen-bond acceptors (Lipinski definition) is 7. The van der Waals surface area contributed by atoms with E-state index < -0.39 is 11.9 Å². The summed E-state index contributed by atoms with van der Waals surface area (Å²) in [4.78, 5) is 50.8. The zero-order valence-corrected chi connectivity index (χ0v) is 23.0. The highest BCUT2D eigenvalue weighted by Crippen LogP contribution is 2.30. The standard InChI is InChI=1S/C30H25ClN4O4S/c31-24-13-18(4-7-23(24)29(37)34-27-16-22(8-11-33-27)39-21-5-6-21)17-35-25(15-20-3-1-2-10-32-20)26(36)14-19-9-12-40-28(19)30(35)38/h1-4,7-13,16,21,25H,5-6,14-15,17H2,(H,33,34,37). The van der Waals surface area contributed by atoms with E-state index in [9.17, 15) is 14.4 Å². The zero-order valence-electron chi connectivity index (χ0n) is 21.4. The van der Waals surface area contributed by atoms with Crippen LogP contribution in [0.15, 0.2) is 72.4 Å². The molecule has 1 aliphatic heterocycles. The molecule has 4 heterocycles. The molecule has 4 aromatic rings. The molecule has 1 atom stereocenters. The molecule has 40 heavy (non-hydrogen) atoms. The van der Waals surface area contributed by atoms with Crippen molar-refractivity contribution in [2.45, 2.75) is 44.4 Å². The number of amides is 2. The molecule has 202 valence electrons. The molecule has 2 aliphatic rings. The molecule has 1 aliphatic carbocycles. The Bertz CT molecular complexity index is 1590. The predicted octanol–water partition coefficient (Wildman–Crippen LogP) is 5.36. The molecule has 0 saturated heterocycles. The van der Waals surface area contributed by atoms with Gasteiger partial charge in [-0.3, -0.25) is 19.4 Å². The fourth-order valence-electron chi connectivity index (χ4n) is 4.69. The summed E-state index contributed by atoms with van der Waals surface area (Å²) in [5.41, 5.74) is 2.45. The molecule has 1 unspecified atom stereocenters. The van der Waals surface area contributed by atoms with Gasteiger partial charge in [-0.2, -0.15) is 0 Å². The molecule has 10 heteroatoms. The average Bonchev–Trinajstić information content (AvgIpc) is 3.66. The second-order valence-electron chi connectivity index (χ2n) is 9.85. The first-order valence-electron chi connectivity index (χ1n) is 13.0. The van der Waals surface area contributed by atoms with Crippen LogP contribution >= 0.6 is 22.9 Å². The molecule has 3 aromatic heterocycles. The first-order chi connectivity index (χ1) is 19.4. The maximum atomic E-state index is 13.7. The Morgan fingerprint density at radius 3 is 2.73 bits per heavy atom. The fraction of sp³-hybridized carbons (Fsp3) is 0.233. The largest absolute Gasteiger partial charge is 0.490 e. The molecule has 0 spiro atoms. The third-order valence-electron chi connectivity index (χ3n) is 6.87. The van der Waals surface area contributed by atoms with Crippen LogP contribution in [-0.4, -0.2) is 44.6 Å². The van der Waals surface area contributed by atoms with Crippen LogP contribution in [0, 0.1) is 0 Å². The van der Waals surface area contributed by atoms with Crippen LogP contribution < -0.4 is 10.1 Å². The molecule has 6 rings (SSSR count). The summed E-state index contributed by atoms with van der Waals surface area (Å²) >= 11 is 7.90. The van der Waals surface area contributed by atoms with Crippen LogP contribution in [0.25, 0.3) is 0 Å². The van der Waals surface area contributed by atoms with Crippen molar-refractivity contribution < 1.29 is 19.1 Å². The molecule has 1 fully saturated rings. The quantitative estimate of drug-likeness (QED) is 0.305. The van der Waals surface area contributed by atoms with Crippen LogP contribution in [0.5, 0.6) is 5.75 Å². The van der Waals surface area contributed by atoms with Crippen LogP contribution in [0.3, 0.4) is 0 Å². The fourth-order valence-corrected chi connectivity index (χ4v) is 5.86. The summed E-state index contributed by atoms with van der Waals surface area (Å²) in [6, 6.07) is 15.1. The van der Waals surface area contributed by atoms with Gasteiger partial charge >= 0.3 is 0 Å². The smallest absolute Gasteiger partial charge is 0.265 e. The van der Waals surface area contributed by atoms with Gasteiger partial charge in [0.05, 0.1) is 27.6 Å². The lowest BCUT2D eigenvalue weighted by Crippen LogP contribution is -2.44. The van der Waals surface area contributed by atoms with E-state index in [2.05, 4.69) is 15.3 Å². The maximum Gasteiger partial charge on any atom is 0.265 e. The Morgan fingerprint density at radius 1 is 1.07 bits per heavy atom. The van der Waals surface area contributed by atoms with Crippen LogP contribution in [0.4, 0.5) is 5.82 Å². The molecule has 1 saturated carbocycles. The number of carbonyl (C=O) groups is 3. The number of anilines is 1. The van der Waals surface area contributed by atoms with Crippen LogP contribution in [-0.2, 0) is 24.2 Å². The van der Waals surface area contributed by atoms with Gasteiger partial charge in [0, 0.05) is 43.5 Å². The first kappa shape index (κ1) is 26.2. The van der Waals surface area contributed by atoms with E-state index in [1.165, 1.54) is 11.3 Å². The second kappa shape index (κ2) is 11.2. The minimum atomic E-state index is -0.681. The summed E-state index contributed by atoms with van der Waals surface area (Å²) in [6.07, 6.45) is 6.05. The number of Topliss-reactive ketones (excluding diaryl/α,β-unsaturated/α-hetero) is 1. The molecule has 8 nitrogen and oxygen atoms in total. The molecule has 0 radical (unpaired) electrons. The monoisotopic (exact) mass is 572 g/mol. The molecular formula is C30H25ClN4O4S. The van der Waals surface area contributed by atoms with Gasteiger partial charge in [0.25, 0.3) is 11.8 Å². The predicted molar refractivity (Wildman–Crippen MR) is 152 cm³/mol. The van der Waals surface area contributed by atoms with Crippen molar-refractivity contribution in [3.05, 3.63) is 105 Å². The molecule has 2 amide bonds. The minimum Gasteiger partial charge on any atom is -0.490 e. The maximum absolute atomic E-state index is 13.7. The number of nitrogens with one attached hydrogen (secondary N) is 1. The summed E-state index contributed by atoms with van der Waals surface area (Å²) in [6.45, 7) is 0.156.